The Hall–Kier alpha value is -0.150. The molecule has 1 aliphatic rings. The molecule has 0 atom stereocenters. The fourth-order valence-corrected chi connectivity index (χ4v) is 1.64. The van der Waals surface area contributed by atoms with Gasteiger partial charge in [0.1, 0.15) is 0 Å². The predicted molar refractivity (Wildman–Crippen MR) is 46.7 cm³/mol. The third-order valence-electron chi connectivity index (χ3n) is 2.17. The summed E-state index contributed by atoms with van der Waals surface area (Å²) in [6, 6.07) is 0.394. The van der Waals surface area contributed by atoms with E-state index >= 15 is 0 Å². The van der Waals surface area contributed by atoms with Crippen LogP contribution in [-0.2, 0) is 0 Å². The molecule has 0 unspecified atom stereocenters. The van der Waals surface area contributed by atoms with Crippen LogP contribution in [0.2, 0.25) is 0 Å². The van der Waals surface area contributed by atoms with Gasteiger partial charge < -0.3 is 11.5 Å². The van der Waals surface area contributed by atoms with Gasteiger partial charge in [0.25, 0.3) is 0 Å². The standard InChI is InChI=1S/C7H14N2S/c8-6-3-1-5(2-4-6)7(9)10/h5-6H,1-4,8H2,(H2,9,10). The highest BCUT2D eigenvalue weighted by molar-refractivity contribution is 7.80. The Balaban J connectivity index is 2.33. The lowest BCUT2D eigenvalue weighted by Gasteiger charge is -2.24. The summed E-state index contributed by atoms with van der Waals surface area (Å²) in [7, 11) is 0. The van der Waals surface area contributed by atoms with Gasteiger partial charge in [-0.3, -0.25) is 0 Å². The maximum absolute atomic E-state index is 5.71. The van der Waals surface area contributed by atoms with E-state index in [1.54, 1.807) is 0 Å². The Morgan fingerprint density at radius 1 is 1.20 bits per heavy atom. The molecule has 0 saturated heterocycles. The molecule has 0 aromatic rings. The Bertz CT molecular complexity index is 128. The number of nitrogens with two attached hydrogens (primary N) is 2. The highest BCUT2D eigenvalue weighted by atomic mass is 32.1. The third kappa shape index (κ3) is 1.92. The summed E-state index contributed by atoms with van der Waals surface area (Å²) >= 11 is 4.89. The molecule has 3 heteroatoms. The molecule has 0 spiro atoms. The molecule has 58 valence electrons. The largest absolute Gasteiger partial charge is 0.393 e. The summed E-state index contributed by atoms with van der Waals surface area (Å²) in [5.41, 5.74) is 11.2. The van der Waals surface area contributed by atoms with Gasteiger partial charge in [0.2, 0.25) is 0 Å². The van der Waals surface area contributed by atoms with E-state index in [4.69, 9.17) is 23.7 Å². The molecule has 0 amide bonds. The fraction of sp³-hybridized carbons (Fsp3) is 0.857. The van der Waals surface area contributed by atoms with Gasteiger partial charge in [-0.2, -0.15) is 0 Å². The van der Waals surface area contributed by atoms with Gasteiger partial charge in [-0.25, -0.2) is 0 Å². The maximum Gasteiger partial charge on any atom is 0.0758 e. The van der Waals surface area contributed by atoms with Crippen molar-refractivity contribution in [2.45, 2.75) is 31.7 Å². The molecule has 1 saturated carbocycles. The van der Waals surface area contributed by atoms with Crippen molar-refractivity contribution in [3.8, 4) is 0 Å². The Labute approximate surface area is 67.0 Å². The first-order valence-corrected chi connectivity index (χ1v) is 4.16. The molecule has 0 aliphatic heterocycles. The van der Waals surface area contributed by atoms with Crippen molar-refractivity contribution < 1.29 is 0 Å². The SMILES string of the molecule is NC(=S)C1CCC(N)CC1. The molecule has 0 aromatic heterocycles. The zero-order chi connectivity index (χ0) is 7.56. The second-order valence-electron chi connectivity index (χ2n) is 3.01. The van der Waals surface area contributed by atoms with Crippen molar-refractivity contribution in [1.29, 1.82) is 0 Å². The Morgan fingerprint density at radius 3 is 2.10 bits per heavy atom. The molecule has 1 aliphatic carbocycles. The highest BCUT2D eigenvalue weighted by Crippen LogP contribution is 2.22. The van der Waals surface area contributed by atoms with E-state index in [0.717, 1.165) is 25.7 Å². The van der Waals surface area contributed by atoms with E-state index in [1.807, 2.05) is 0 Å². The molecule has 0 radical (unpaired) electrons. The van der Waals surface area contributed by atoms with Gasteiger partial charge in [-0.15, -0.1) is 0 Å². The summed E-state index contributed by atoms with van der Waals surface area (Å²) in [5.74, 6) is 0.467. The first-order chi connectivity index (χ1) is 4.70. The van der Waals surface area contributed by atoms with Crippen molar-refractivity contribution >= 4 is 17.2 Å². The first kappa shape index (κ1) is 7.95. The van der Waals surface area contributed by atoms with Crippen LogP contribution in [0.1, 0.15) is 25.7 Å². The topological polar surface area (TPSA) is 52.0 Å². The number of hydrogen-bond acceptors (Lipinski definition) is 2. The molecule has 4 N–H and O–H groups in total. The minimum Gasteiger partial charge on any atom is -0.393 e. The average Bonchev–Trinajstić information content (AvgIpc) is 1.88. The van der Waals surface area contributed by atoms with E-state index < -0.39 is 0 Å². The molecule has 10 heavy (non-hydrogen) atoms. The fourth-order valence-electron chi connectivity index (χ4n) is 1.40. The van der Waals surface area contributed by atoms with Crippen molar-refractivity contribution in [2.75, 3.05) is 0 Å². The third-order valence-corrected chi connectivity index (χ3v) is 2.51. The Morgan fingerprint density at radius 2 is 1.70 bits per heavy atom. The lowest BCUT2D eigenvalue weighted by atomic mass is 9.86. The van der Waals surface area contributed by atoms with Crippen LogP contribution >= 0.6 is 12.2 Å². The van der Waals surface area contributed by atoms with Crippen LogP contribution in [0, 0.1) is 5.92 Å². The number of rotatable bonds is 1. The molecule has 0 aromatic carbocycles. The molecule has 1 fully saturated rings. The lowest BCUT2D eigenvalue weighted by Crippen LogP contribution is -2.31. The second kappa shape index (κ2) is 3.30. The molecule has 2 nitrogen and oxygen atoms in total. The van der Waals surface area contributed by atoms with Crippen LogP contribution < -0.4 is 11.5 Å². The van der Waals surface area contributed by atoms with Gasteiger partial charge in [0.15, 0.2) is 0 Å². The van der Waals surface area contributed by atoms with E-state index in [2.05, 4.69) is 0 Å². The van der Waals surface area contributed by atoms with Gasteiger partial charge in [-0.1, -0.05) is 12.2 Å². The van der Waals surface area contributed by atoms with E-state index in [1.165, 1.54) is 0 Å². The first-order valence-electron chi connectivity index (χ1n) is 3.75. The summed E-state index contributed by atoms with van der Waals surface area (Å²) in [5, 5.41) is 0. The maximum atomic E-state index is 5.71. The van der Waals surface area contributed by atoms with E-state index in [-0.39, 0.29) is 0 Å². The minimum absolute atomic E-state index is 0.394. The number of hydrogen-bond donors (Lipinski definition) is 2. The van der Waals surface area contributed by atoms with Crippen LogP contribution in [0.15, 0.2) is 0 Å². The van der Waals surface area contributed by atoms with Crippen LogP contribution in [0.4, 0.5) is 0 Å². The van der Waals surface area contributed by atoms with Gasteiger partial charge in [-0.05, 0) is 25.7 Å². The van der Waals surface area contributed by atoms with E-state index in [0.29, 0.717) is 16.9 Å². The number of thiocarbonyl (C=S) groups is 1. The van der Waals surface area contributed by atoms with Crippen molar-refractivity contribution in [2.24, 2.45) is 17.4 Å². The Kier molecular flexibility index (Phi) is 2.63. The smallest absolute Gasteiger partial charge is 0.0758 e. The van der Waals surface area contributed by atoms with Crippen LogP contribution in [0.3, 0.4) is 0 Å². The van der Waals surface area contributed by atoms with Gasteiger partial charge in [0, 0.05) is 12.0 Å². The zero-order valence-corrected chi connectivity index (χ0v) is 6.86. The van der Waals surface area contributed by atoms with E-state index in [9.17, 15) is 0 Å². The average molecular weight is 158 g/mol. The highest BCUT2D eigenvalue weighted by Gasteiger charge is 2.19. The minimum atomic E-state index is 0.394. The molecule has 0 bridgehead atoms. The summed E-state index contributed by atoms with van der Waals surface area (Å²) in [6.45, 7) is 0. The quantitative estimate of drug-likeness (QED) is 0.555. The molecule has 0 heterocycles. The predicted octanol–water partition coefficient (Wildman–Crippen LogP) is 0.790. The van der Waals surface area contributed by atoms with Crippen molar-refractivity contribution in [3.63, 3.8) is 0 Å². The summed E-state index contributed by atoms with van der Waals surface area (Å²) in [4.78, 5) is 0.673. The van der Waals surface area contributed by atoms with Crippen molar-refractivity contribution in [3.05, 3.63) is 0 Å². The second-order valence-corrected chi connectivity index (χ2v) is 3.49. The molecular weight excluding hydrogens is 144 g/mol. The zero-order valence-electron chi connectivity index (χ0n) is 6.05. The van der Waals surface area contributed by atoms with Crippen molar-refractivity contribution in [1.82, 2.24) is 0 Å². The van der Waals surface area contributed by atoms with Crippen LogP contribution in [-0.4, -0.2) is 11.0 Å². The van der Waals surface area contributed by atoms with Crippen LogP contribution in [0.5, 0.6) is 0 Å². The monoisotopic (exact) mass is 158 g/mol. The van der Waals surface area contributed by atoms with Gasteiger partial charge in [0.05, 0.1) is 4.99 Å². The normalized spacial score (nSPS) is 33.7. The van der Waals surface area contributed by atoms with Gasteiger partial charge >= 0.3 is 0 Å². The summed E-state index contributed by atoms with van der Waals surface area (Å²) in [6.07, 6.45) is 4.36. The lowest BCUT2D eigenvalue weighted by molar-refractivity contribution is 0.392. The molecule has 1 rings (SSSR count). The molecular formula is C7H14N2S. The van der Waals surface area contributed by atoms with Crippen LogP contribution in [0.25, 0.3) is 0 Å². The summed E-state index contributed by atoms with van der Waals surface area (Å²) < 4.78 is 0.